The molecule has 0 aromatic carbocycles. The van der Waals surface area contributed by atoms with Crippen LogP contribution in [0.3, 0.4) is 0 Å². The van der Waals surface area contributed by atoms with Crippen LogP contribution in [0.15, 0.2) is 24.7 Å². The third kappa shape index (κ3) is 3.36. The van der Waals surface area contributed by atoms with Gasteiger partial charge in [-0.3, -0.25) is 9.36 Å². The molecule has 1 aliphatic carbocycles. The Balaban J connectivity index is 1.56. The minimum atomic E-state index is 0.291. The lowest BCUT2D eigenvalue weighted by atomic mass is 10.1. The lowest BCUT2D eigenvalue weighted by molar-refractivity contribution is 0.544. The maximum absolute atomic E-state index is 4.88. The van der Waals surface area contributed by atoms with Gasteiger partial charge in [0.05, 0.1) is 11.6 Å². The number of hydrogen-bond acceptors (Lipinski definition) is 5. The van der Waals surface area contributed by atoms with Crippen LogP contribution in [-0.4, -0.2) is 35.6 Å². The predicted molar refractivity (Wildman–Crippen MR) is 97.4 cm³/mol. The smallest absolute Gasteiger partial charge is 0.163 e. The number of nitrogens with one attached hydrogen (secondary N) is 1. The molecule has 7 nitrogen and oxygen atoms in total. The number of aryl methyl sites for hydroxylation is 2. The third-order valence-corrected chi connectivity index (χ3v) is 5.06. The molecule has 1 fully saturated rings. The molecule has 1 atom stereocenters. The van der Waals surface area contributed by atoms with Gasteiger partial charge in [0, 0.05) is 37.9 Å². The first kappa shape index (κ1) is 16.1. The highest BCUT2D eigenvalue weighted by Crippen LogP contribution is 2.34. The molecule has 4 rings (SSSR count). The minimum Gasteiger partial charge on any atom is -0.367 e. The highest BCUT2D eigenvalue weighted by atomic mass is 15.3. The molecule has 1 N–H and O–H groups in total. The van der Waals surface area contributed by atoms with Gasteiger partial charge in [-0.05, 0) is 32.3 Å². The van der Waals surface area contributed by atoms with E-state index in [1.165, 1.54) is 25.7 Å². The van der Waals surface area contributed by atoms with E-state index in [1.807, 2.05) is 41.1 Å². The highest BCUT2D eigenvalue weighted by molar-refractivity contribution is 5.86. The van der Waals surface area contributed by atoms with Gasteiger partial charge in [-0.1, -0.05) is 12.8 Å². The molecule has 0 saturated heterocycles. The monoisotopic (exact) mass is 339 g/mol. The molecule has 3 aromatic rings. The van der Waals surface area contributed by atoms with E-state index < -0.39 is 0 Å². The lowest BCUT2D eigenvalue weighted by Gasteiger charge is -2.17. The molecular formula is C18H25N7. The Morgan fingerprint density at radius 1 is 1.24 bits per heavy atom. The van der Waals surface area contributed by atoms with Gasteiger partial charge in [0.2, 0.25) is 0 Å². The van der Waals surface area contributed by atoms with Crippen molar-refractivity contribution >= 4 is 16.9 Å². The Bertz CT molecular complexity index is 831. The summed E-state index contributed by atoms with van der Waals surface area (Å²) in [7, 11) is 1.94. The summed E-state index contributed by atoms with van der Waals surface area (Å²) >= 11 is 0. The van der Waals surface area contributed by atoms with Crippen molar-refractivity contribution in [2.75, 3.05) is 5.32 Å². The van der Waals surface area contributed by atoms with Gasteiger partial charge in [-0.2, -0.15) is 10.2 Å². The van der Waals surface area contributed by atoms with Crippen LogP contribution in [0.2, 0.25) is 0 Å². The zero-order chi connectivity index (χ0) is 17.2. The second kappa shape index (κ2) is 6.82. The van der Waals surface area contributed by atoms with Crippen LogP contribution in [0, 0.1) is 0 Å². The van der Waals surface area contributed by atoms with Crippen LogP contribution in [-0.2, 0) is 13.6 Å². The molecule has 25 heavy (non-hydrogen) atoms. The molecule has 1 unspecified atom stereocenters. The zero-order valence-corrected chi connectivity index (χ0v) is 14.9. The van der Waals surface area contributed by atoms with E-state index >= 15 is 0 Å². The molecule has 0 aliphatic heterocycles. The van der Waals surface area contributed by atoms with Crippen LogP contribution in [0.1, 0.15) is 50.8 Å². The lowest BCUT2D eigenvalue weighted by Crippen LogP contribution is -2.19. The van der Waals surface area contributed by atoms with Crippen molar-refractivity contribution in [3.05, 3.63) is 30.5 Å². The van der Waals surface area contributed by atoms with Crippen molar-refractivity contribution in [1.82, 2.24) is 29.5 Å². The first-order chi connectivity index (χ1) is 12.2. The standard InChI is InChI=1S/C18H25N7/c1-13(8-11-25-10-5-9-19-25)21-17-15-12-20-24(2)18(15)23-16(22-17)14-6-3-4-7-14/h5,9-10,12-14H,3-4,6-8,11H2,1-2H3,(H,21,22,23). The predicted octanol–water partition coefficient (Wildman–Crippen LogP) is 3.11. The quantitative estimate of drug-likeness (QED) is 0.747. The number of hydrogen-bond donors (Lipinski definition) is 1. The van der Waals surface area contributed by atoms with Crippen molar-refractivity contribution in [2.24, 2.45) is 7.05 Å². The summed E-state index contributed by atoms with van der Waals surface area (Å²) < 4.78 is 3.80. The zero-order valence-electron chi connectivity index (χ0n) is 14.9. The van der Waals surface area contributed by atoms with Crippen molar-refractivity contribution in [1.29, 1.82) is 0 Å². The summed E-state index contributed by atoms with van der Waals surface area (Å²) in [6.45, 7) is 3.07. The van der Waals surface area contributed by atoms with E-state index in [0.29, 0.717) is 12.0 Å². The van der Waals surface area contributed by atoms with Gasteiger partial charge in [0.15, 0.2) is 5.65 Å². The van der Waals surface area contributed by atoms with Crippen LogP contribution >= 0.6 is 0 Å². The van der Waals surface area contributed by atoms with E-state index in [9.17, 15) is 0 Å². The second-order valence-corrected chi connectivity index (χ2v) is 7.02. The third-order valence-electron chi connectivity index (χ3n) is 5.06. The summed E-state index contributed by atoms with van der Waals surface area (Å²) in [5.74, 6) is 2.36. The van der Waals surface area contributed by atoms with Crippen LogP contribution < -0.4 is 5.32 Å². The fraction of sp³-hybridized carbons (Fsp3) is 0.556. The van der Waals surface area contributed by atoms with Gasteiger partial charge < -0.3 is 5.32 Å². The number of nitrogens with zero attached hydrogens (tertiary/aromatic N) is 6. The molecular weight excluding hydrogens is 314 g/mol. The van der Waals surface area contributed by atoms with Gasteiger partial charge in [0.1, 0.15) is 11.6 Å². The van der Waals surface area contributed by atoms with E-state index in [2.05, 4.69) is 22.4 Å². The molecule has 7 heteroatoms. The fourth-order valence-electron chi connectivity index (χ4n) is 3.58. The topological polar surface area (TPSA) is 73.5 Å². The molecule has 0 bridgehead atoms. The van der Waals surface area contributed by atoms with Crippen molar-refractivity contribution in [3.63, 3.8) is 0 Å². The van der Waals surface area contributed by atoms with Gasteiger partial charge in [-0.15, -0.1) is 0 Å². The minimum absolute atomic E-state index is 0.291. The molecule has 0 amide bonds. The fourth-order valence-corrected chi connectivity index (χ4v) is 3.58. The van der Waals surface area contributed by atoms with Gasteiger partial charge >= 0.3 is 0 Å². The van der Waals surface area contributed by atoms with Crippen molar-refractivity contribution in [3.8, 4) is 0 Å². The summed E-state index contributed by atoms with van der Waals surface area (Å²) in [4.78, 5) is 9.69. The molecule has 1 aliphatic rings. The Morgan fingerprint density at radius 2 is 2.08 bits per heavy atom. The second-order valence-electron chi connectivity index (χ2n) is 7.02. The molecule has 3 heterocycles. The molecule has 132 valence electrons. The molecule has 3 aromatic heterocycles. The Labute approximate surface area is 147 Å². The first-order valence-electron chi connectivity index (χ1n) is 9.14. The normalized spacial score (nSPS) is 16.6. The number of rotatable bonds is 6. The van der Waals surface area contributed by atoms with E-state index in [4.69, 9.17) is 9.97 Å². The number of aromatic nitrogens is 6. The van der Waals surface area contributed by atoms with E-state index in [-0.39, 0.29) is 0 Å². The molecule has 0 radical (unpaired) electrons. The summed E-state index contributed by atoms with van der Waals surface area (Å²) in [5, 5.41) is 13.2. The highest BCUT2D eigenvalue weighted by Gasteiger charge is 2.22. The summed E-state index contributed by atoms with van der Waals surface area (Å²) in [6.07, 6.45) is 11.6. The molecule has 1 saturated carbocycles. The number of fused-ring (bicyclic) bond motifs is 1. The van der Waals surface area contributed by atoms with E-state index in [1.54, 1.807) is 0 Å². The van der Waals surface area contributed by atoms with Crippen molar-refractivity contribution < 1.29 is 0 Å². The number of anilines is 1. The largest absolute Gasteiger partial charge is 0.367 e. The Hall–Kier alpha value is -2.44. The Kier molecular flexibility index (Phi) is 4.38. The van der Waals surface area contributed by atoms with E-state index in [0.717, 1.165) is 35.6 Å². The van der Waals surface area contributed by atoms with Crippen molar-refractivity contribution in [2.45, 2.75) is 57.5 Å². The average molecular weight is 339 g/mol. The molecule has 0 spiro atoms. The summed E-state index contributed by atoms with van der Waals surface area (Å²) in [6, 6.07) is 2.24. The van der Waals surface area contributed by atoms with Crippen LogP contribution in [0.4, 0.5) is 5.82 Å². The maximum atomic E-state index is 4.88. The Morgan fingerprint density at radius 3 is 2.84 bits per heavy atom. The summed E-state index contributed by atoms with van der Waals surface area (Å²) in [5.41, 5.74) is 0.915. The van der Waals surface area contributed by atoms with Crippen LogP contribution in [0.25, 0.3) is 11.0 Å². The average Bonchev–Trinajstić information content (AvgIpc) is 3.36. The maximum Gasteiger partial charge on any atom is 0.163 e. The first-order valence-corrected chi connectivity index (χ1v) is 9.14. The SMILES string of the molecule is CC(CCn1cccn1)Nc1nc(C2CCCC2)nc2c1cnn2C. The van der Waals surface area contributed by atoms with Gasteiger partial charge in [0.25, 0.3) is 0 Å². The van der Waals surface area contributed by atoms with Crippen LogP contribution in [0.5, 0.6) is 0 Å². The van der Waals surface area contributed by atoms with Gasteiger partial charge in [-0.25, -0.2) is 9.97 Å².